The zero-order valence-corrected chi connectivity index (χ0v) is 12.1. The first-order valence-electron chi connectivity index (χ1n) is 7.82. The Morgan fingerprint density at radius 1 is 1.05 bits per heavy atom. The van der Waals surface area contributed by atoms with E-state index in [1.807, 2.05) is 12.1 Å². The molecule has 3 heterocycles. The molecule has 3 N–H and O–H groups in total. The highest BCUT2D eigenvalue weighted by atomic mass is 16.7. The molecule has 22 heavy (non-hydrogen) atoms. The molecule has 1 aromatic carbocycles. The van der Waals surface area contributed by atoms with Crippen molar-refractivity contribution in [1.82, 2.24) is 4.90 Å². The van der Waals surface area contributed by atoms with Crippen LogP contribution in [0.25, 0.3) is 0 Å². The van der Waals surface area contributed by atoms with E-state index in [9.17, 15) is 15.3 Å². The molecule has 0 amide bonds. The molecule has 4 aliphatic rings. The number of fused-ring (bicyclic) bond motifs is 2. The summed E-state index contributed by atoms with van der Waals surface area (Å²) in [5, 5.41) is 31.6. The summed E-state index contributed by atoms with van der Waals surface area (Å²) in [6.07, 6.45) is -1.03. The number of rotatable bonds is 0. The van der Waals surface area contributed by atoms with Crippen LogP contribution in [0, 0.1) is 0 Å². The van der Waals surface area contributed by atoms with Crippen molar-refractivity contribution in [2.45, 2.75) is 49.2 Å². The Morgan fingerprint density at radius 3 is 2.64 bits per heavy atom. The second kappa shape index (κ2) is 4.14. The number of benzene rings is 1. The van der Waals surface area contributed by atoms with Gasteiger partial charge in [-0.2, -0.15) is 0 Å². The summed E-state index contributed by atoms with van der Waals surface area (Å²) in [5.41, 5.74) is 1.31. The molecule has 0 radical (unpaired) electrons. The summed E-state index contributed by atoms with van der Waals surface area (Å²) >= 11 is 0. The topological polar surface area (TPSA) is 82.4 Å². The maximum Gasteiger partial charge on any atom is 0.231 e. The summed E-state index contributed by atoms with van der Waals surface area (Å²) < 4.78 is 10.9. The van der Waals surface area contributed by atoms with Crippen molar-refractivity contribution in [3.63, 3.8) is 0 Å². The first-order valence-corrected chi connectivity index (χ1v) is 7.82. The van der Waals surface area contributed by atoms with Gasteiger partial charge in [-0.3, -0.25) is 4.90 Å². The number of hydrogen-bond acceptors (Lipinski definition) is 6. The molecule has 5 rings (SSSR count). The summed E-state index contributed by atoms with van der Waals surface area (Å²) in [4.78, 5) is 2.18. The zero-order chi connectivity index (χ0) is 15.1. The first-order chi connectivity index (χ1) is 10.6. The van der Waals surface area contributed by atoms with Gasteiger partial charge in [0.1, 0.15) is 0 Å². The monoisotopic (exact) mass is 305 g/mol. The second-order valence-corrected chi connectivity index (χ2v) is 6.90. The van der Waals surface area contributed by atoms with Crippen LogP contribution in [0.1, 0.15) is 24.0 Å². The minimum Gasteiger partial charge on any atom is -0.454 e. The lowest BCUT2D eigenvalue weighted by molar-refractivity contribution is -0.0755. The smallest absolute Gasteiger partial charge is 0.231 e. The lowest BCUT2D eigenvalue weighted by Crippen LogP contribution is -2.61. The van der Waals surface area contributed by atoms with Crippen molar-refractivity contribution in [1.29, 1.82) is 0 Å². The van der Waals surface area contributed by atoms with E-state index >= 15 is 0 Å². The molecule has 6 atom stereocenters. The number of aliphatic hydroxyl groups is 3. The Balaban J connectivity index is 1.74. The molecule has 118 valence electrons. The van der Waals surface area contributed by atoms with Crippen LogP contribution in [0.4, 0.5) is 0 Å². The number of hydrogen-bond donors (Lipinski definition) is 3. The highest BCUT2D eigenvalue weighted by Gasteiger charge is 2.64. The molecule has 6 nitrogen and oxygen atoms in total. The van der Waals surface area contributed by atoms with Gasteiger partial charge in [-0.25, -0.2) is 0 Å². The van der Waals surface area contributed by atoms with Crippen LogP contribution in [0.15, 0.2) is 12.1 Å². The molecule has 3 aliphatic heterocycles. The van der Waals surface area contributed by atoms with Crippen LogP contribution in [-0.2, 0) is 12.0 Å². The van der Waals surface area contributed by atoms with E-state index in [2.05, 4.69) is 4.90 Å². The largest absolute Gasteiger partial charge is 0.454 e. The normalized spacial score (nSPS) is 44.6. The molecule has 1 aliphatic carbocycles. The highest BCUT2D eigenvalue weighted by Crippen LogP contribution is 2.55. The van der Waals surface area contributed by atoms with E-state index in [1.54, 1.807) is 0 Å². The minimum atomic E-state index is -0.763. The average Bonchev–Trinajstić information content (AvgIpc) is 2.99. The first kappa shape index (κ1) is 13.1. The molecule has 1 saturated heterocycles. The standard InChI is InChI=1S/C16H19NO5/c18-9-2-13-16(14(19)3-9)10-4-12-11(21-7-22-12)1-8(10)5-17(13)6-15(16)20/h1,4,9,13-15,18-20H,2-3,5-7H2/t9-,13+,14+,15+,16+/m0/s1. The van der Waals surface area contributed by atoms with E-state index in [0.717, 1.165) is 16.9 Å². The molecule has 2 fully saturated rings. The quantitative estimate of drug-likeness (QED) is 0.612. The average molecular weight is 305 g/mol. The van der Waals surface area contributed by atoms with Crippen LogP contribution in [0.2, 0.25) is 0 Å². The fourth-order valence-electron chi connectivity index (χ4n) is 5.07. The van der Waals surface area contributed by atoms with E-state index in [4.69, 9.17) is 9.47 Å². The molecule has 0 aromatic heterocycles. The third kappa shape index (κ3) is 1.39. The summed E-state index contributed by atoms with van der Waals surface area (Å²) in [5.74, 6) is 1.41. The van der Waals surface area contributed by atoms with Gasteiger partial charge in [0.2, 0.25) is 6.79 Å². The van der Waals surface area contributed by atoms with Crippen molar-refractivity contribution in [3.8, 4) is 11.5 Å². The Morgan fingerprint density at radius 2 is 1.82 bits per heavy atom. The van der Waals surface area contributed by atoms with E-state index in [0.29, 0.717) is 31.7 Å². The van der Waals surface area contributed by atoms with Gasteiger partial charge in [0.15, 0.2) is 11.5 Å². The van der Waals surface area contributed by atoms with Crippen molar-refractivity contribution >= 4 is 0 Å². The molecular weight excluding hydrogens is 286 g/mol. The van der Waals surface area contributed by atoms with Gasteiger partial charge in [0.25, 0.3) is 0 Å². The summed E-state index contributed by atoms with van der Waals surface area (Å²) in [6, 6.07) is 3.87. The van der Waals surface area contributed by atoms with Gasteiger partial charge in [-0.05, 0) is 29.7 Å². The third-order valence-corrected chi connectivity index (χ3v) is 5.93. The predicted octanol–water partition coefficient (Wildman–Crippen LogP) is -0.273. The summed E-state index contributed by atoms with van der Waals surface area (Å²) in [6.45, 7) is 1.44. The van der Waals surface area contributed by atoms with Gasteiger partial charge in [-0.1, -0.05) is 0 Å². The number of nitrogens with zero attached hydrogens (tertiary/aromatic N) is 1. The minimum absolute atomic E-state index is 0.0332. The van der Waals surface area contributed by atoms with E-state index < -0.39 is 23.7 Å². The van der Waals surface area contributed by atoms with Gasteiger partial charge in [0, 0.05) is 25.6 Å². The van der Waals surface area contributed by atoms with E-state index in [-0.39, 0.29) is 12.8 Å². The van der Waals surface area contributed by atoms with Crippen LogP contribution in [0.3, 0.4) is 0 Å². The van der Waals surface area contributed by atoms with Gasteiger partial charge >= 0.3 is 0 Å². The third-order valence-electron chi connectivity index (χ3n) is 5.93. The van der Waals surface area contributed by atoms with Crippen molar-refractivity contribution in [2.24, 2.45) is 0 Å². The van der Waals surface area contributed by atoms with Gasteiger partial charge in [-0.15, -0.1) is 0 Å². The van der Waals surface area contributed by atoms with E-state index in [1.165, 1.54) is 0 Å². The van der Waals surface area contributed by atoms with Crippen LogP contribution < -0.4 is 9.47 Å². The maximum absolute atomic E-state index is 10.8. The Kier molecular flexibility index (Phi) is 2.47. The van der Waals surface area contributed by atoms with Gasteiger partial charge in [0.05, 0.1) is 23.7 Å². The Labute approximate surface area is 127 Å². The predicted molar refractivity (Wildman–Crippen MR) is 75.7 cm³/mol. The number of ether oxygens (including phenoxy) is 2. The second-order valence-electron chi connectivity index (χ2n) is 6.90. The maximum atomic E-state index is 10.8. The van der Waals surface area contributed by atoms with Crippen molar-refractivity contribution in [3.05, 3.63) is 23.3 Å². The molecule has 1 aromatic rings. The SMILES string of the molecule is O[C@@H]1C[C@@H](O)[C@]23c4cc5c(cc4CN(C[C@H]2O)[C@@H]3C1)OCO5. The Bertz CT molecular complexity index is 650. The molecule has 1 saturated carbocycles. The van der Waals surface area contributed by atoms with Crippen LogP contribution in [0.5, 0.6) is 11.5 Å². The molecule has 1 unspecified atom stereocenters. The lowest BCUT2D eigenvalue weighted by Gasteiger charge is -2.51. The molecular formula is C16H19NO5. The van der Waals surface area contributed by atoms with Gasteiger partial charge < -0.3 is 24.8 Å². The zero-order valence-electron chi connectivity index (χ0n) is 12.1. The summed E-state index contributed by atoms with van der Waals surface area (Å²) in [7, 11) is 0. The Hall–Kier alpha value is -1.34. The molecule has 0 spiro atoms. The number of aliphatic hydroxyl groups excluding tert-OH is 3. The fourth-order valence-corrected chi connectivity index (χ4v) is 5.07. The van der Waals surface area contributed by atoms with Crippen LogP contribution >= 0.6 is 0 Å². The van der Waals surface area contributed by atoms with Crippen molar-refractivity contribution < 1.29 is 24.8 Å². The lowest BCUT2D eigenvalue weighted by atomic mass is 9.60. The van der Waals surface area contributed by atoms with Crippen LogP contribution in [-0.4, -0.2) is 57.9 Å². The molecule has 6 heteroatoms. The fraction of sp³-hybridized carbons (Fsp3) is 0.625. The highest BCUT2D eigenvalue weighted by molar-refractivity contribution is 5.55. The van der Waals surface area contributed by atoms with Crippen molar-refractivity contribution in [2.75, 3.05) is 13.3 Å². The molecule has 2 bridgehead atoms.